The van der Waals surface area contributed by atoms with Crippen molar-refractivity contribution in [2.24, 2.45) is 5.92 Å². The molecule has 1 amide bonds. The summed E-state index contributed by atoms with van der Waals surface area (Å²) in [7, 11) is 0. The Labute approximate surface area is 159 Å². The zero-order chi connectivity index (χ0) is 20.4. The number of nitrogens with zero attached hydrogens (tertiary/aromatic N) is 1. The first-order chi connectivity index (χ1) is 12.8. The fourth-order valence-corrected chi connectivity index (χ4v) is 2.78. The third-order valence-electron chi connectivity index (χ3n) is 4.51. The zero-order valence-corrected chi connectivity index (χ0v) is 16.2. The van der Waals surface area contributed by atoms with Crippen LogP contribution in [-0.2, 0) is 9.59 Å². The van der Waals surface area contributed by atoms with Gasteiger partial charge in [-0.25, -0.2) is 0 Å². The molecule has 0 fully saturated rings. The van der Waals surface area contributed by atoms with Crippen molar-refractivity contribution >= 4 is 23.3 Å². The van der Waals surface area contributed by atoms with E-state index in [2.05, 4.69) is 24.5 Å². The van der Waals surface area contributed by atoms with E-state index in [1.807, 2.05) is 0 Å². The van der Waals surface area contributed by atoms with Crippen LogP contribution >= 0.6 is 0 Å². The molecule has 0 aromatic heterocycles. The summed E-state index contributed by atoms with van der Waals surface area (Å²) in [5.41, 5.74) is 0.547. The number of amides is 1. The first-order valence-electron chi connectivity index (χ1n) is 9.29. The molecular formula is C19H29N3O5. The van der Waals surface area contributed by atoms with Crippen molar-refractivity contribution in [3.8, 4) is 0 Å². The maximum Gasteiger partial charge on any atom is 0.321 e. The quantitative estimate of drug-likeness (QED) is 0.377. The molecule has 27 heavy (non-hydrogen) atoms. The fraction of sp³-hybridized carbons (Fsp3) is 0.579. The van der Waals surface area contributed by atoms with Crippen molar-refractivity contribution < 1.29 is 19.6 Å². The SMILES string of the molecule is CCCCC(CC)CNC(CC(=O)Nc1ccc(C)cc1[N+](=O)[O-])C(=O)O. The summed E-state index contributed by atoms with van der Waals surface area (Å²) in [6.07, 6.45) is 3.80. The molecule has 8 nitrogen and oxygen atoms in total. The Morgan fingerprint density at radius 2 is 2.00 bits per heavy atom. The number of carbonyl (C=O) groups excluding carboxylic acids is 1. The topological polar surface area (TPSA) is 122 Å². The van der Waals surface area contributed by atoms with Gasteiger partial charge in [-0.15, -0.1) is 0 Å². The highest BCUT2D eigenvalue weighted by Gasteiger charge is 2.23. The predicted molar refractivity (Wildman–Crippen MR) is 104 cm³/mol. The molecule has 0 saturated heterocycles. The van der Waals surface area contributed by atoms with Gasteiger partial charge in [0.15, 0.2) is 0 Å². The predicted octanol–water partition coefficient (Wildman–Crippen LogP) is 3.49. The molecule has 1 rings (SSSR count). The Bertz CT molecular complexity index is 663. The second kappa shape index (κ2) is 11.3. The summed E-state index contributed by atoms with van der Waals surface area (Å²) < 4.78 is 0. The van der Waals surface area contributed by atoms with Crippen LogP contribution in [0.5, 0.6) is 0 Å². The lowest BCUT2D eigenvalue weighted by Gasteiger charge is -2.19. The van der Waals surface area contributed by atoms with Gasteiger partial charge in [-0.1, -0.05) is 39.2 Å². The maximum absolute atomic E-state index is 12.2. The molecule has 0 bridgehead atoms. The number of carboxylic acids is 1. The van der Waals surface area contributed by atoms with Crippen LogP contribution in [0, 0.1) is 23.0 Å². The molecule has 150 valence electrons. The number of anilines is 1. The van der Waals surface area contributed by atoms with Crippen LogP contribution < -0.4 is 10.6 Å². The van der Waals surface area contributed by atoms with E-state index in [1.54, 1.807) is 13.0 Å². The minimum absolute atomic E-state index is 0.0640. The lowest BCUT2D eigenvalue weighted by molar-refractivity contribution is -0.384. The Morgan fingerprint density at radius 3 is 2.56 bits per heavy atom. The highest BCUT2D eigenvalue weighted by atomic mass is 16.6. The molecule has 0 spiro atoms. The number of aryl methyl sites for hydroxylation is 1. The van der Waals surface area contributed by atoms with E-state index in [1.165, 1.54) is 12.1 Å². The monoisotopic (exact) mass is 379 g/mol. The molecule has 1 aromatic carbocycles. The first-order valence-corrected chi connectivity index (χ1v) is 9.29. The van der Waals surface area contributed by atoms with E-state index in [0.29, 0.717) is 18.0 Å². The second-order valence-corrected chi connectivity index (χ2v) is 6.75. The number of carbonyl (C=O) groups is 2. The van der Waals surface area contributed by atoms with Crippen LogP contribution in [0.4, 0.5) is 11.4 Å². The van der Waals surface area contributed by atoms with Crippen molar-refractivity contribution in [2.45, 2.75) is 58.9 Å². The van der Waals surface area contributed by atoms with Gasteiger partial charge in [0.05, 0.1) is 11.3 Å². The molecule has 0 aliphatic heterocycles. The number of nitrogens with one attached hydrogen (secondary N) is 2. The highest BCUT2D eigenvalue weighted by molar-refractivity contribution is 5.95. The lowest BCUT2D eigenvalue weighted by atomic mass is 9.99. The van der Waals surface area contributed by atoms with Crippen LogP contribution in [0.3, 0.4) is 0 Å². The normalized spacial score (nSPS) is 13.0. The van der Waals surface area contributed by atoms with E-state index >= 15 is 0 Å². The summed E-state index contributed by atoms with van der Waals surface area (Å²) in [4.78, 5) is 34.3. The minimum atomic E-state index is -1.12. The zero-order valence-electron chi connectivity index (χ0n) is 16.2. The molecule has 0 aliphatic rings. The Hall–Kier alpha value is -2.48. The highest BCUT2D eigenvalue weighted by Crippen LogP contribution is 2.25. The van der Waals surface area contributed by atoms with E-state index < -0.39 is 22.8 Å². The van der Waals surface area contributed by atoms with Gasteiger partial charge in [-0.3, -0.25) is 19.7 Å². The van der Waals surface area contributed by atoms with E-state index in [4.69, 9.17) is 0 Å². The number of nitro groups is 1. The molecule has 0 heterocycles. The number of unbranched alkanes of at least 4 members (excludes halogenated alkanes) is 1. The summed E-state index contributed by atoms with van der Waals surface area (Å²) in [5, 5.41) is 25.9. The van der Waals surface area contributed by atoms with Crippen molar-refractivity contribution in [3.05, 3.63) is 33.9 Å². The summed E-state index contributed by atoms with van der Waals surface area (Å²) in [5.74, 6) is -1.34. The van der Waals surface area contributed by atoms with E-state index in [9.17, 15) is 24.8 Å². The van der Waals surface area contributed by atoms with Gasteiger partial charge in [0.25, 0.3) is 5.69 Å². The number of carboxylic acid groups (broad SMARTS) is 1. The number of nitro benzene ring substituents is 1. The van der Waals surface area contributed by atoms with Crippen LogP contribution in [0.2, 0.25) is 0 Å². The van der Waals surface area contributed by atoms with Crippen molar-refractivity contribution in [1.82, 2.24) is 5.32 Å². The molecule has 0 aliphatic carbocycles. The number of benzene rings is 1. The molecule has 1 aromatic rings. The van der Waals surface area contributed by atoms with Gasteiger partial charge in [0, 0.05) is 6.07 Å². The van der Waals surface area contributed by atoms with Crippen molar-refractivity contribution in [3.63, 3.8) is 0 Å². The molecule has 2 atom stereocenters. The van der Waals surface area contributed by atoms with Gasteiger partial charge in [0.1, 0.15) is 11.7 Å². The van der Waals surface area contributed by atoms with Gasteiger partial charge in [-0.2, -0.15) is 0 Å². The van der Waals surface area contributed by atoms with Gasteiger partial charge in [0.2, 0.25) is 5.91 Å². The van der Waals surface area contributed by atoms with Crippen LogP contribution in [0.15, 0.2) is 18.2 Å². The maximum atomic E-state index is 12.2. The average molecular weight is 379 g/mol. The molecule has 0 saturated carbocycles. The third-order valence-corrected chi connectivity index (χ3v) is 4.51. The average Bonchev–Trinajstić information content (AvgIpc) is 2.61. The summed E-state index contributed by atoms with van der Waals surface area (Å²) >= 11 is 0. The van der Waals surface area contributed by atoms with Gasteiger partial charge in [-0.05, 0) is 37.4 Å². The Balaban J connectivity index is 2.71. The van der Waals surface area contributed by atoms with E-state index in [0.717, 1.165) is 25.7 Å². The number of rotatable bonds is 12. The standard InChI is InChI=1S/C19H29N3O5/c1-4-6-7-14(5-2)12-20-16(19(24)25)11-18(23)21-15-9-8-13(3)10-17(15)22(26)27/h8-10,14,16,20H,4-7,11-12H2,1-3H3,(H,21,23)(H,24,25). The van der Waals surface area contributed by atoms with Gasteiger partial charge < -0.3 is 15.7 Å². The lowest BCUT2D eigenvalue weighted by Crippen LogP contribution is -2.42. The molecule has 3 N–H and O–H groups in total. The molecule has 8 heteroatoms. The van der Waals surface area contributed by atoms with E-state index in [-0.39, 0.29) is 17.8 Å². The summed E-state index contributed by atoms with van der Waals surface area (Å²) in [6, 6.07) is 3.43. The van der Waals surface area contributed by atoms with Gasteiger partial charge >= 0.3 is 5.97 Å². The van der Waals surface area contributed by atoms with Crippen molar-refractivity contribution in [1.29, 1.82) is 0 Å². The van der Waals surface area contributed by atoms with Crippen LogP contribution in [0.25, 0.3) is 0 Å². The minimum Gasteiger partial charge on any atom is -0.480 e. The fourth-order valence-electron chi connectivity index (χ4n) is 2.78. The van der Waals surface area contributed by atoms with Crippen LogP contribution in [0.1, 0.15) is 51.5 Å². The Morgan fingerprint density at radius 1 is 1.30 bits per heavy atom. The number of hydrogen-bond acceptors (Lipinski definition) is 5. The first kappa shape index (κ1) is 22.6. The smallest absolute Gasteiger partial charge is 0.321 e. The largest absolute Gasteiger partial charge is 0.480 e. The second-order valence-electron chi connectivity index (χ2n) is 6.75. The summed E-state index contributed by atoms with van der Waals surface area (Å²) in [6.45, 7) is 6.40. The molecule has 2 unspecified atom stereocenters. The van der Waals surface area contributed by atoms with Crippen molar-refractivity contribution in [2.75, 3.05) is 11.9 Å². The molecular weight excluding hydrogens is 350 g/mol. The molecule has 0 radical (unpaired) electrons. The third kappa shape index (κ3) is 7.74. The number of aliphatic carboxylic acids is 1. The number of hydrogen-bond donors (Lipinski definition) is 3. The Kier molecular flexibility index (Phi) is 9.42. The van der Waals surface area contributed by atoms with Crippen LogP contribution in [-0.4, -0.2) is 34.5 Å².